The first-order valence-corrected chi connectivity index (χ1v) is 4.65. The molecule has 0 saturated heterocycles. The van der Waals surface area contributed by atoms with E-state index in [1.54, 1.807) is 42.3 Å². The standard InChI is InChI=1S/C11H10N4O/c1-15-7-10(6-14-15)16-9-2-3-11(13)8(4-9)5-12/h2-4,6-7H,13H2,1H3. The van der Waals surface area contributed by atoms with Crippen LogP contribution in [0, 0.1) is 11.3 Å². The highest BCUT2D eigenvalue weighted by Crippen LogP contribution is 2.24. The summed E-state index contributed by atoms with van der Waals surface area (Å²) in [6.45, 7) is 0. The number of hydrogen-bond donors (Lipinski definition) is 1. The van der Waals surface area contributed by atoms with Crippen molar-refractivity contribution >= 4 is 5.69 Å². The maximum Gasteiger partial charge on any atom is 0.165 e. The number of anilines is 1. The fourth-order valence-electron chi connectivity index (χ4n) is 1.28. The molecule has 2 N–H and O–H groups in total. The maximum absolute atomic E-state index is 8.81. The molecule has 0 aliphatic carbocycles. The summed E-state index contributed by atoms with van der Waals surface area (Å²) >= 11 is 0. The molecule has 0 fully saturated rings. The van der Waals surface area contributed by atoms with Crippen LogP contribution in [0.25, 0.3) is 0 Å². The predicted molar refractivity (Wildman–Crippen MR) is 58.9 cm³/mol. The van der Waals surface area contributed by atoms with Crippen molar-refractivity contribution in [2.24, 2.45) is 7.05 Å². The first kappa shape index (κ1) is 10.1. The number of hydrogen-bond acceptors (Lipinski definition) is 4. The molecule has 80 valence electrons. The van der Waals surface area contributed by atoms with Crippen LogP contribution < -0.4 is 10.5 Å². The van der Waals surface area contributed by atoms with Crippen molar-refractivity contribution in [2.75, 3.05) is 5.73 Å². The summed E-state index contributed by atoms with van der Waals surface area (Å²) in [7, 11) is 1.80. The molecule has 1 heterocycles. The van der Waals surface area contributed by atoms with Gasteiger partial charge in [-0.05, 0) is 12.1 Å². The van der Waals surface area contributed by atoms with Crippen LogP contribution in [0.15, 0.2) is 30.6 Å². The SMILES string of the molecule is Cn1cc(Oc2ccc(N)c(C#N)c2)cn1. The Kier molecular flexibility index (Phi) is 2.48. The second-order valence-electron chi connectivity index (χ2n) is 3.31. The molecule has 0 unspecified atom stereocenters. The number of nitriles is 1. The molecule has 0 amide bonds. The molecule has 0 spiro atoms. The number of rotatable bonds is 2. The minimum Gasteiger partial charge on any atom is -0.454 e. The van der Waals surface area contributed by atoms with Crippen molar-refractivity contribution in [3.8, 4) is 17.6 Å². The fourth-order valence-corrected chi connectivity index (χ4v) is 1.28. The molecule has 5 heteroatoms. The summed E-state index contributed by atoms with van der Waals surface area (Å²) in [5.41, 5.74) is 6.45. The third kappa shape index (κ3) is 1.96. The van der Waals surface area contributed by atoms with Gasteiger partial charge < -0.3 is 10.5 Å². The van der Waals surface area contributed by atoms with Gasteiger partial charge in [0.2, 0.25) is 0 Å². The van der Waals surface area contributed by atoms with Crippen molar-refractivity contribution in [1.82, 2.24) is 9.78 Å². The van der Waals surface area contributed by atoms with Crippen molar-refractivity contribution in [2.45, 2.75) is 0 Å². The van der Waals surface area contributed by atoms with Crippen LogP contribution in [0.2, 0.25) is 0 Å². The Hall–Kier alpha value is -2.48. The molecule has 0 saturated carbocycles. The minimum atomic E-state index is 0.404. The zero-order chi connectivity index (χ0) is 11.5. The van der Waals surface area contributed by atoms with E-state index >= 15 is 0 Å². The van der Waals surface area contributed by atoms with Crippen LogP contribution in [0.4, 0.5) is 5.69 Å². The van der Waals surface area contributed by atoms with E-state index in [1.165, 1.54) is 0 Å². The number of nitrogens with zero attached hydrogens (tertiary/aromatic N) is 3. The molecule has 16 heavy (non-hydrogen) atoms. The van der Waals surface area contributed by atoms with E-state index in [-0.39, 0.29) is 0 Å². The normalized spacial score (nSPS) is 9.75. The monoisotopic (exact) mass is 214 g/mol. The van der Waals surface area contributed by atoms with E-state index in [1.807, 2.05) is 6.07 Å². The number of benzene rings is 1. The summed E-state index contributed by atoms with van der Waals surface area (Å²) in [6, 6.07) is 6.95. The molecule has 0 bridgehead atoms. The Morgan fingerprint density at radius 1 is 1.44 bits per heavy atom. The third-order valence-corrected chi connectivity index (χ3v) is 2.06. The number of nitrogens with two attached hydrogens (primary N) is 1. The lowest BCUT2D eigenvalue weighted by molar-refractivity contribution is 0.482. The molecule has 2 aromatic rings. The third-order valence-electron chi connectivity index (χ3n) is 2.06. The molecule has 1 aromatic carbocycles. The highest BCUT2D eigenvalue weighted by molar-refractivity contribution is 5.56. The molecule has 2 rings (SSSR count). The highest BCUT2D eigenvalue weighted by Gasteiger charge is 2.03. The molecule has 0 radical (unpaired) electrons. The van der Waals surface area contributed by atoms with Crippen LogP contribution >= 0.6 is 0 Å². The van der Waals surface area contributed by atoms with Crippen LogP contribution in [-0.2, 0) is 7.05 Å². The summed E-state index contributed by atoms with van der Waals surface area (Å²) in [6.07, 6.45) is 3.34. The van der Waals surface area contributed by atoms with Gasteiger partial charge in [0, 0.05) is 18.8 Å². The van der Waals surface area contributed by atoms with Gasteiger partial charge in [-0.25, -0.2) is 0 Å². The van der Waals surface area contributed by atoms with Gasteiger partial charge in [0.25, 0.3) is 0 Å². The maximum atomic E-state index is 8.81. The average Bonchev–Trinajstić information content (AvgIpc) is 2.67. The van der Waals surface area contributed by atoms with Crippen LogP contribution in [0.5, 0.6) is 11.5 Å². The molecule has 1 aromatic heterocycles. The topological polar surface area (TPSA) is 76.9 Å². The first-order chi connectivity index (χ1) is 7.69. The molecular weight excluding hydrogens is 204 g/mol. The lowest BCUT2D eigenvalue weighted by Gasteiger charge is -2.04. The van der Waals surface area contributed by atoms with Gasteiger partial charge >= 0.3 is 0 Å². The highest BCUT2D eigenvalue weighted by atomic mass is 16.5. The quantitative estimate of drug-likeness (QED) is 0.771. The Balaban J connectivity index is 2.26. The van der Waals surface area contributed by atoms with E-state index in [0.29, 0.717) is 22.7 Å². The molecule has 0 aliphatic heterocycles. The van der Waals surface area contributed by atoms with Gasteiger partial charge in [-0.3, -0.25) is 4.68 Å². The number of ether oxygens (including phenoxy) is 1. The Morgan fingerprint density at radius 2 is 2.25 bits per heavy atom. The zero-order valence-corrected chi connectivity index (χ0v) is 8.71. The lowest BCUT2D eigenvalue weighted by atomic mass is 10.2. The van der Waals surface area contributed by atoms with Gasteiger partial charge in [-0.15, -0.1) is 0 Å². The number of aromatic nitrogens is 2. The van der Waals surface area contributed by atoms with Gasteiger partial charge in [0.1, 0.15) is 11.8 Å². The molecule has 5 nitrogen and oxygen atoms in total. The number of nitrogen functional groups attached to an aromatic ring is 1. The largest absolute Gasteiger partial charge is 0.454 e. The van der Waals surface area contributed by atoms with Crippen LogP contribution in [0.3, 0.4) is 0 Å². The summed E-state index contributed by atoms with van der Waals surface area (Å²) in [5, 5.41) is 12.8. The number of aryl methyl sites for hydroxylation is 1. The van der Waals surface area contributed by atoms with Gasteiger partial charge in [0.05, 0.1) is 18.0 Å². The molecular formula is C11H10N4O. The van der Waals surface area contributed by atoms with Gasteiger partial charge in [0.15, 0.2) is 5.75 Å². The van der Waals surface area contributed by atoms with E-state index in [9.17, 15) is 0 Å². The Morgan fingerprint density at radius 3 is 2.88 bits per heavy atom. The second-order valence-corrected chi connectivity index (χ2v) is 3.31. The van der Waals surface area contributed by atoms with Gasteiger partial charge in [-0.2, -0.15) is 10.4 Å². The van der Waals surface area contributed by atoms with E-state index < -0.39 is 0 Å². The van der Waals surface area contributed by atoms with E-state index in [4.69, 9.17) is 15.7 Å². The van der Waals surface area contributed by atoms with Crippen LogP contribution in [0.1, 0.15) is 5.56 Å². The Labute approximate surface area is 92.7 Å². The minimum absolute atomic E-state index is 0.404. The zero-order valence-electron chi connectivity index (χ0n) is 8.71. The van der Waals surface area contributed by atoms with Crippen molar-refractivity contribution in [1.29, 1.82) is 5.26 Å². The Bertz CT molecular complexity index is 553. The second kappa shape index (κ2) is 3.95. The van der Waals surface area contributed by atoms with Crippen molar-refractivity contribution in [3.63, 3.8) is 0 Å². The first-order valence-electron chi connectivity index (χ1n) is 4.65. The fraction of sp³-hybridized carbons (Fsp3) is 0.0909. The summed E-state index contributed by atoms with van der Waals surface area (Å²) in [5.74, 6) is 1.19. The molecule has 0 atom stereocenters. The van der Waals surface area contributed by atoms with Crippen molar-refractivity contribution < 1.29 is 4.74 Å². The van der Waals surface area contributed by atoms with Crippen LogP contribution in [-0.4, -0.2) is 9.78 Å². The van der Waals surface area contributed by atoms with Gasteiger partial charge in [-0.1, -0.05) is 0 Å². The molecule has 0 aliphatic rings. The smallest absolute Gasteiger partial charge is 0.165 e. The lowest BCUT2D eigenvalue weighted by Crippen LogP contribution is -1.91. The predicted octanol–water partition coefficient (Wildman–Crippen LogP) is 1.67. The van der Waals surface area contributed by atoms with Crippen molar-refractivity contribution in [3.05, 3.63) is 36.2 Å². The summed E-state index contributed by atoms with van der Waals surface area (Å²) in [4.78, 5) is 0. The summed E-state index contributed by atoms with van der Waals surface area (Å²) < 4.78 is 7.14. The van der Waals surface area contributed by atoms with E-state index in [2.05, 4.69) is 5.10 Å². The average molecular weight is 214 g/mol. The van der Waals surface area contributed by atoms with E-state index in [0.717, 1.165) is 0 Å².